The van der Waals surface area contributed by atoms with Crippen molar-refractivity contribution in [2.75, 3.05) is 9.91 Å². The fraction of sp³-hybridized carbons (Fsp3) is 0.0882. The number of rotatable bonds is 9. The topological polar surface area (TPSA) is 18.8 Å². The average molecular weight is 482 g/mol. The molecule has 182 valence electrons. The highest BCUT2D eigenvalue weighted by Gasteiger charge is 2.11. The number of hydrogen-bond acceptors (Lipinski definition) is 3. The smallest absolute Gasteiger partial charge is 0.0652 e. The summed E-state index contributed by atoms with van der Waals surface area (Å²) in [6.45, 7) is 3.81. The second-order valence-corrected chi connectivity index (χ2v) is 9.16. The molecular formula is C34H31N3. The summed E-state index contributed by atoms with van der Waals surface area (Å²) in [5.41, 5.74) is 8.07. The first-order chi connectivity index (χ1) is 18.2. The lowest BCUT2D eigenvalue weighted by Crippen LogP contribution is -2.22. The van der Waals surface area contributed by atoms with Gasteiger partial charge in [-0.25, -0.2) is 5.01 Å². The van der Waals surface area contributed by atoms with Gasteiger partial charge in [0.2, 0.25) is 0 Å². The molecule has 0 fully saturated rings. The predicted molar refractivity (Wildman–Crippen MR) is 157 cm³/mol. The zero-order chi connectivity index (χ0) is 25.3. The number of benzene rings is 5. The van der Waals surface area contributed by atoms with Crippen LogP contribution in [-0.2, 0) is 13.1 Å². The zero-order valence-corrected chi connectivity index (χ0v) is 21.1. The van der Waals surface area contributed by atoms with Crippen molar-refractivity contribution < 1.29 is 0 Å². The predicted octanol–water partition coefficient (Wildman–Crippen LogP) is 8.37. The van der Waals surface area contributed by atoms with E-state index in [-0.39, 0.29) is 0 Å². The molecule has 0 atom stereocenters. The zero-order valence-electron chi connectivity index (χ0n) is 21.1. The number of nitrogens with zero attached hydrogens (tertiary/aromatic N) is 3. The third-order valence-electron chi connectivity index (χ3n) is 6.21. The minimum atomic E-state index is 0.829. The Balaban J connectivity index is 1.48. The van der Waals surface area contributed by atoms with Crippen molar-refractivity contribution >= 4 is 23.3 Å². The SMILES string of the molecule is Cc1cc(/C=N/N(c2ccccc2)c2ccccc2)cc(N(Cc2ccccc2)Cc2ccccc2)c1. The molecule has 5 aromatic carbocycles. The molecule has 5 aromatic rings. The summed E-state index contributed by atoms with van der Waals surface area (Å²) in [7, 11) is 0. The highest BCUT2D eigenvalue weighted by Crippen LogP contribution is 2.26. The van der Waals surface area contributed by atoms with Crippen LogP contribution in [0, 0.1) is 6.92 Å². The summed E-state index contributed by atoms with van der Waals surface area (Å²) in [6, 6.07) is 48.5. The maximum Gasteiger partial charge on any atom is 0.0652 e. The van der Waals surface area contributed by atoms with E-state index in [1.54, 1.807) is 0 Å². The summed E-state index contributed by atoms with van der Waals surface area (Å²) >= 11 is 0. The molecule has 0 spiro atoms. The Morgan fingerprint density at radius 3 is 1.49 bits per heavy atom. The monoisotopic (exact) mass is 481 g/mol. The lowest BCUT2D eigenvalue weighted by molar-refractivity contribution is 0.799. The minimum absolute atomic E-state index is 0.829. The molecule has 0 heterocycles. The summed E-state index contributed by atoms with van der Waals surface area (Å²) in [5, 5.41) is 6.91. The Morgan fingerprint density at radius 1 is 0.541 bits per heavy atom. The van der Waals surface area contributed by atoms with Gasteiger partial charge >= 0.3 is 0 Å². The van der Waals surface area contributed by atoms with E-state index in [9.17, 15) is 0 Å². The Hall–Kier alpha value is -4.63. The van der Waals surface area contributed by atoms with Crippen LogP contribution in [0.25, 0.3) is 0 Å². The second kappa shape index (κ2) is 11.9. The standard InChI is InChI=1S/C34H31N3/c1-28-22-31(25-35-37(32-18-10-4-11-19-32)33-20-12-5-13-21-33)24-34(23-28)36(26-29-14-6-2-7-15-29)27-30-16-8-3-9-17-30/h2-25H,26-27H2,1H3/b35-25+. The van der Waals surface area contributed by atoms with Crippen molar-refractivity contribution in [3.8, 4) is 0 Å². The molecule has 3 nitrogen and oxygen atoms in total. The van der Waals surface area contributed by atoms with Crippen molar-refractivity contribution in [2.45, 2.75) is 20.0 Å². The van der Waals surface area contributed by atoms with Crippen LogP contribution in [-0.4, -0.2) is 6.21 Å². The van der Waals surface area contributed by atoms with Crippen molar-refractivity contribution in [3.05, 3.63) is 162 Å². The van der Waals surface area contributed by atoms with Crippen molar-refractivity contribution in [1.82, 2.24) is 0 Å². The first-order valence-electron chi connectivity index (χ1n) is 12.6. The van der Waals surface area contributed by atoms with Crippen LogP contribution in [0.4, 0.5) is 17.1 Å². The Morgan fingerprint density at radius 2 is 1.00 bits per heavy atom. The van der Waals surface area contributed by atoms with E-state index in [1.165, 1.54) is 22.4 Å². The molecule has 0 aromatic heterocycles. The van der Waals surface area contributed by atoms with E-state index >= 15 is 0 Å². The molecule has 0 unspecified atom stereocenters. The Bertz CT molecular complexity index is 1330. The van der Waals surface area contributed by atoms with Crippen LogP contribution in [0.5, 0.6) is 0 Å². The maximum atomic E-state index is 4.93. The number of hydrazone groups is 1. The molecular weight excluding hydrogens is 450 g/mol. The molecule has 37 heavy (non-hydrogen) atoms. The number of hydrogen-bond donors (Lipinski definition) is 0. The van der Waals surface area contributed by atoms with Crippen molar-refractivity contribution in [2.24, 2.45) is 5.10 Å². The molecule has 0 bridgehead atoms. The van der Waals surface area contributed by atoms with Gasteiger partial charge in [-0.05, 0) is 65.6 Å². The van der Waals surface area contributed by atoms with Crippen LogP contribution in [0.3, 0.4) is 0 Å². The van der Waals surface area contributed by atoms with Gasteiger partial charge in [-0.1, -0.05) is 103 Å². The third kappa shape index (κ3) is 6.53. The molecule has 0 saturated carbocycles. The lowest BCUT2D eigenvalue weighted by Gasteiger charge is -2.26. The van der Waals surface area contributed by atoms with E-state index < -0.39 is 0 Å². The first-order valence-corrected chi connectivity index (χ1v) is 12.6. The largest absolute Gasteiger partial charge is 0.363 e. The minimum Gasteiger partial charge on any atom is -0.363 e. The van der Waals surface area contributed by atoms with Crippen LogP contribution in [0.15, 0.2) is 145 Å². The lowest BCUT2D eigenvalue weighted by atomic mass is 10.1. The molecule has 0 saturated heterocycles. The summed E-state index contributed by atoms with van der Waals surface area (Å²) in [4.78, 5) is 2.43. The van der Waals surface area contributed by atoms with Gasteiger partial charge < -0.3 is 4.90 Å². The van der Waals surface area contributed by atoms with E-state index in [2.05, 4.69) is 115 Å². The molecule has 0 N–H and O–H groups in total. The molecule has 0 amide bonds. The fourth-order valence-electron chi connectivity index (χ4n) is 4.44. The van der Waals surface area contributed by atoms with Crippen LogP contribution in [0.2, 0.25) is 0 Å². The molecule has 0 aliphatic carbocycles. The quantitative estimate of drug-likeness (QED) is 0.156. The van der Waals surface area contributed by atoms with Crippen LogP contribution >= 0.6 is 0 Å². The molecule has 0 aliphatic heterocycles. The van der Waals surface area contributed by atoms with Gasteiger partial charge in [0.1, 0.15) is 0 Å². The molecule has 0 aliphatic rings. The number of para-hydroxylation sites is 2. The van der Waals surface area contributed by atoms with Crippen LogP contribution < -0.4 is 9.91 Å². The van der Waals surface area contributed by atoms with Gasteiger partial charge in [0.05, 0.1) is 17.6 Å². The highest BCUT2D eigenvalue weighted by atomic mass is 15.5. The summed E-state index contributed by atoms with van der Waals surface area (Å²) in [5.74, 6) is 0. The Labute approximate surface area is 220 Å². The van der Waals surface area contributed by atoms with E-state index in [4.69, 9.17) is 5.10 Å². The normalized spacial score (nSPS) is 10.9. The molecule has 0 radical (unpaired) electrons. The highest BCUT2D eigenvalue weighted by molar-refractivity contribution is 5.84. The second-order valence-electron chi connectivity index (χ2n) is 9.16. The summed E-state index contributed by atoms with van der Waals surface area (Å²) in [6.07, 6.45) is 1.96. The Kier molecular flexibility index (Phi) is 7.73. The van der Waals surface area contributed by atoms with Crippen LogP contribution in [0.1, 0.15) is 22.3 Å². The van der Waals surface area contributed by atoms with Crippen molar-refractivity contribution in [3.63, 3.8) is 0 Å². The van der Waals surface area contributed by atoms with Gasteiger partial charge in [0, 0.05) is 18.8 Å². The number of anilines is 3. The van der Waals surface area contributed by atoms with Gasteiger partial charge in [0.15, 0.2) is 0 Å². The number of aryl methyl sites for hydroxylation is 1. The van der Waals surface area contributed by atoms with E-state index in [0.29, 0.717) is 0 Å². The molecule has 5 rings (SSSR count). The first kappa shape index (κ1) is 24.1. The van der Waals surface area contributed by atoms with E-state index in [1.807, 2.05) is 47.6 Å². The van der Waals surface area contributed by atoms with Gasteiger partial charge in [0.25, 0.3) is 0 Å². The third-order valence-corrected chi connectivity index (χ3v) is 6.21. The fourth-order valence-corrected chi connectivity index (χ4v) is 4.44. The van der Waals surface area contributed by atoms with Gasteiger partial charge in [-0.15, -0.1) is 0 Å². The van der Waals surface area contributed by atoms with Gasteiger partial charge in [-0.2, -0.15) is 5.10 Å². The van der Waals surface area contributed by atoms with E-state index in [0.717, 1.165) is 30.0 Å². The van der Waals surface area contributed by atoms with Crippen molar-refractivity contribution in [1.29, 1.82) is 0 Å². The van der Waals surface area contributed by atoms with Gasteiger partial charge in [-0.3, -0.25) is 0 Å². The summed E-state index contributed by atoms with van der Waals surface area (Å²) < 4.78 is 0. The maximum absolute atomic E-state index is 4.93. The molecule has 3 heteroatoms. The average Bonchev–Trinajstić information content (AvgIpc) is 2.95.